The van der Waals surface area contributed by atoms with E-state index in [9.17, 15) is 4.79 Å². The molecule has 0 radical (unpaired) electrons. The van der Waals surface area contributed by atoms with Gasteiger partial charge in [0.25, 0.3) is 5.91 Å². The fraction of sp³-hybridized carbons (Fsp3) is 0.217. The fourth-order valence-electron chi connectivity index (χ4n) is 2.89. The van der Waals surface area contributed by atoms with Gasteiger partial charge in [-0.05, 0) is 67.3 Å². The highest BCUT2D eigenvalue weighted by atomic mass is 16.5. The second-order valence-electron chi connectivity index (χ2n) is 6.67. The summed E-state index contributed by atoms with van der Waals surface area (Å²) in [5.74, 6) is 1.40. The van der Waals surface area contributed by atoms with Crippen LogP contribution in [-0.2, 0) is 6.42 Å². The molecule has 3 aromatic rings. The van der Waals surface area contributed by atoms with E-state index in [1.165, 1.54) is 11.1 Å². The first kappa shape index (κ1) is 19.4. The van der Waals surface area contributed by atoms with E-state index in [4.69, 9.17) is 4.74 Å². The first-order chi connectivity index (χ1) is 13.6. The first-order valence-corrected chi connectivity index (χ1v) is 9.27. The molecule has 0 spiro atoms. The number of nitrogens with zero attached hydrogens (tertiary/aromatic N) is 1. The number of carbonyl (C=O) groups is 1. The number of aromatic nitrogens is 1. The number of pyridine rings is 1. The maximum atomic E-state index is 12.3. The Balaban J connectivity index is 1.55. The van der Waals surface area contributed by atoms with Crippen LogP contribution in [0.25, 0.3) is 0 Å². The van der Waals surface area contributed by atoms with Crippen molar-refractivity contribution in [3.05, 3.63) is 83.0 Å². The third kappa shape index (κ3) is 4.88. The minimum absolute atomic E-state index is 0.139. The van der Waals surface area contributed by atoms with E-state index >= 15 is 0 Å². The summed E-state index contributed by atoms with van der Waals surface area (Å²) in [7, 11) is 1.65. The third-order valence-electron chi connectivity index (χ3n) is 4.68. The minimum Gasteiger partial charge on any atom is -0.496 e. The van der Waals surface area contributed by atoms with Gasteiger partial charge in [0.2, 0.25) is 0 Å². The number of para-hydroxylation sites is 1. The van der Waals surface area contributed by atoms with Gasteiger partial charge in [-0.3, -0.25) is 4.79 Å². The highest BCUT2D eigenvalue weighted by Gasteiger charge is 2.07. The second kappa shape index (κ2) is 9.04. The lowest BCUT2D eigenvalue weighted by Crippen LogP contribution is -2.25. The Morgan fingerprint density at radius 1 is 1.04 bits per heavy atom. The summed E-state index contributed by atoms with van der Waals surface area (Å²) < 4.78 is 5.33. The summed E-state index contributed by atoms with van der Waals surface area (Å²) in [6.07, 6.45) is 2.29. The summed E-state index contributed by atoms with van der Waals surface area (Å²) in [5.41, 5.74) is 5.04. The van der Waals surface area contributed by atoms with Crippen LogP contribution in [0.1, 0.15) is 27.0 Å². The van der Waals surface area contributed by atoms with Crippen LogP contribution in [0.15, 0.2) is 60.8 Å². The van der Waals surface area contributed by atoms with Crippen LogP contribution in [0, 0.1) is 13.8 Å². The molecule has 0 unspecified atom stereocenters. The monoisotopic (exact) mass is 375 g/mol. The Labute approximate surface area is 165 Å². The number of benzene rings is 2. The molecular formula is C23H25N3O2. The van der Waals surface area contributed by atoms with Gasteiger partial charge in [-0.2, -0.15) is 0 Å². The normalized spacial score (nSPS) is 10.4. The van der Waals surface area contributed by atoms with Crippen LogP contribution < -0.4 is 15.4 Å². The van der Waals surface area contributed by atoms with Crippen molar-refractivity contribution in [2.75, 3.05) is 19.0 Å². The molecule has 144 valence electrons. The lowest BCUT2D eigenvalue weighted by molar-refractivity contribution is 0.0953. The summed E-state index contributed by atoms with van der Waals surface area (Å²) in [6, 6.07) is 17.6. The van der Waals surface area contributed by atoms with Crippen molar-refractivity contribution in [2.45, 2.75) is 20.3 Å². The quantitative estimate of drug-likeness (QED) is 0.641. The topological polar surface area (TPSA) is 63.2 Å². The summed E-state index contributed by atoms with van der Waals surface area (Å²) in [5, 5.41) is 6.19. The highest BCUT2D eigenvalue weighted by Crippen LogP contribution is 2.19. The smallest absolute Gasteiger partial charge is 0.252 e. The van der Waals surface area contributed by atoms with Crippen LogP contribution in [-0.4, -0.2) is 24.5 Å². The molecule has 0 bridgehead atoms. The van der Waals surface area contributed by atoms with E-state index < -0.39 is 0 Å². The number of anilines is 2. The van der Waals surface area contributed by atoms with E-state index in [-0.39, 0.29) is 5.91 Å². The largest absolute Gasteiger partial charge is 0.496 e. The third-order valence-corrected chi connectivity index (χ3v) is 4.68. The van der Waals surface area contributed by atoms with Crippen molar-refractivity contribution in [3.8, 4) is 5.75 Å². The minimum atomic E-state index is -0.139. The Morgan fingerprint density at radius 3 is 2.57 bits per heavy atom. The van der Waals surface area contributed by atoms with Gasteiger partial charge in [0.1, 0.15) is 11.6 Å². The number of hydrogen-bond acceptors (Lipinski definition) is 4. The van der Waals surface area contributed by atoms with Gasteiger partial charge in [-0.15, -0.1) is 0 Å². The average molecular weight is 375 g/mol. The molecule has 0 saturated heterocycles. The maximum absolute atomic E-state index is 12.3. The molecule has 2 aromatic carbocycles. The highest BCUT2D eigenvalue weighted by molar-refractivity contribution is 5.94. The van der Waals surface area contributed by atoms with Gasteiger partial charge in [0, 0.05) is 18.4 Å². The lowest BCUT2D eigenvalue weighted by atomic mass is 10.1. The predicted molar refractivity (Wildman–Crippen MR) is 112 cm³/mol. The average Bonchev–Trinajstić information content (AvgIpc) is 2.71. The van der Waals surface area contributed by atoms with E-state index in [0.717, 1.165) is 17.0 Å². The van der Waals surface area contributed by atoms with Crippen LogP contribution in [0.2, 0.25) is 0 Å². The van der Waals surface area contributed by atoms with Gasteiger partial charge in [0.15, 0.2) is 0 Å². The zero-order chi connectivity index (χ0) is 19.9. The maximum Gasteiger partial charge on any atom is 0.252 e. The Morgan fingerprint density at radius 2 is 1.86 bits per heavy atom. The first-order valence-electron chi connectivity index (χ1n) is 9.27. The number of hydrogen-bond donors (Lipinski definition) is 2. The molecule has 0 aliphatic heterocycles. The molecular weight excluding hydrogens is 350 g/mol. The summed E-state index contributed by atoms with van der Waals surface area (Å²) in [4.78, 5) is 16.7. The fourth-order valence-corrected chi connectivity index (χ4v) is 2.89. The molecule has 2 N–H and O–H groups in total. The molecule has 3 rings (SSSR count). The van der Waals surface area contributed by atoms with Gasteiger partial charge in [-0.1, -0.05) is 24.3 Å². The van der Waals surface area contributed by atoms with Gasteiger partial charge in [0.05, 0.1) is 12.7 Å². The van der Waals surface area contributed by atoms with E-state index in [1.54, 1.807) is 19.4 Å². The number of nitrogens with one attached hydrogen (secondary N) is 2. The molecule has 5 nitrogen and oxygen atoms in total. The second-order valence-corrected chi connectivity index (χ2v) is 6.67. The molecule has 0 aliphatic carbocycles. The molecule has 0 fully saturated rings. The zero-order valence-corrected chi connectivity index (χ0v) is 16.5. The van der Waals surface area contributed by atoms with Crippen molar-refractivity contribution in [2.24, 2.45) is 0 Å². The Kier molecular flexibility index (Phi) is 6.27. The molecule has 0 saturated carbocycles. The van der Waals surface area contributed by atoms with Crippen LogP contribution in [0.4, 0.5) is 11.5 Å². The number of ether oxygens (including phenoxy) is 1. The van der Waals surface area contributed by atoms with Crippen molar-refractivity contribution >= 4 is 17.4 Å². The summed E-state index contributed by atoms with van der Waals surface area (Å²) >= 11 is 0. The number of carbonyl (C=O) groups excluding carboxylic acids is 1. The van der Waals surface area contributed by atoms with Crippen molar-refractivity contribution < 1.29 is 9.53 Å². The van der Waals surface area contributed by atoms with Crippen molar-refractivity contribution in [1.82, 2.24) is 10.3 Å². The molecule has 1 aromatic heterocycles. The van der Waals surface area contributed by atoms with E-state index in [0.29, 0.717) is 24.3 Å². The Bertz CT molecular complexity index is 952. The van der Waals surface area contributed by atoms with Crippen LogP contribution in [0.3, 0.4) is 0 Å². The number of methoxy groups -OCH3 is 1. The van der Waals surface area contributed by atoms with Gasteiger partial charge in [-0.25, -0.2) is 4.98 Å². The summed E-state index contributed by atoms with van der Waals surface area (Å²) in [6.45, 7) is 4.69. The molecule has 28 heavy (non-hydrogen) atoms. The SMILES string of the molecule is COc1ccccc1CCNC(=O)c1ccc(Nc2ccc(C)c(C)c2)nc1. The zero-order valence-electron chi connectivity index (χ0n) is 16.5. The number of aryl methyl sites for hydroxylation is 2. The molecule has 0 atom stereocenters. The number of amides is 1. The molecule has 1 heterocycles. The Hall–Kier alpha value is -3.34. The van der Waals surface area contributed by atoms with Gasteiger partial charge < -0.3 is 15.4 Å². The molecule has 1 amide bonds. The predicted octanol–water partition coefficient (Wildman–Crippen LogP) is 4.42. The standard InChI is InChI=1S/C23H25N3O2/c1-16-8-10-20(14-17(16)2)26-22-11-9-19(15-25-22)23(27)24-13-12-18-6-4-5-7-21(18)28-3/h4-11,14-15H,12-13H2,1-3H3,(H,24,27)(H,25,26). The molecule has 0 aliphatic rings. The van der Waals surface area contributed by atoms with Crippen LogP contribution >= 0.6 is 0 Å². The van der Waals surface area contributed by atoms with E-state index in [2.05, 4.69) is 41.6 Å². The number of rotatable bonds is 7. The van der Waals surface area contributed by atoms with Crippen LogP contribution in [0.5, 0.6) is 5.75 Å². The van der Waals surface area contributed by atoms with E-state index in [1.807, 2.05) is 36.4 Å². The van der Waals surface area contributed by atoms with Crippen molar-refractivity contribution in [3.63, 3.8) is 0 Å². The van der Waals surface area contributed by atoms with Crippen molar-refractivity contribution in [1.29, 1.82) is 0 Å². The molecule has 5 heteroatoms. The lowest BCUT2D eigenvalue weighted by Gasteiger charge is -2.10. The van der Waals surface area contributed by atoms with Gasteiger partial charge >= 0.3 is 0 Å².